The molecule has 28 heavy (non-hydrogen) atoms. The van der Waals surface area contributed by atoms with Crippen LogP contribution in [0.2, 0.25) is 0 Å². The van der Waals surface area contributed by atoms with Crippen LogP contribution in [0.4, 0.5) is 0 Å². The van der Waals surface area contributed by atoms with Crippen LogP contribution in [0, 0.1) is 6.92 Å². The van der Waals surface area contributed by atoms with Gasteiger partial charge in [0.05, 0.1) is 7.11 Å². The van der Waals surface area contributed by atoms with Crippen molar-refractivity contribution in [1.82, 2.24) is 19.7 Å². The normalized spacial score (nSPS) is 10.8. The predicted octanol–water partition coefficient (Wildman–Crippen LogP) is 4.94. The van der Waals surface area contributed by atoms with Gasteiger partial charge in [0.15, 0.2) is 11.0 Å². The van der Waals surface area contributed by atoms with Crippen LogP contribution in [-0.2, 0) is 5.75 Å². The van der Waals surface area contributed by atoms with Gasteiger partial charge in [-0.05, 0) is 37.3 Å². The van der Waals surface area contributed by atoms with Gasteiger partial charge in [-0.25, -0.2) is 0 Å². The van der Waals surface area contributed by atoms with Crippen LogP contribution in [0.15, 0.2) is 78.2 Å². The van der Waals surface area contributed by atoms with Gasteiger partial charge in [0.25, 0.3) is 0 Å². The van der Waals surface area contributed by atoms with E-state index in [-0.39, 0.29) is 0 Å². The monoisotopic (exact) mass is 388 g/mol. The second kappa shape index (κ2) is 8.27. The van der Waals surface area contributed by atoms with Gasteiger partial charge in [-0.2, -0.15) is 0 Å². The molecular formula is C22H20N4OS. The molecule has 0 aliphatic heterocycles. The number of rotatable bonds is 6. The summed E-state index contributed by atoms with van der Waals surface area (Å²) in [6.07, 6.45) is 3.57. The fourth-order valence-corrected chi connectivity index (χ4v) is 3.88. The number of aromatic nitrogens is 4. The van der Waals surface area contributed by atoms with Gasteiger partial charge in [-0.3, -0.25) is 9.55 Å². The Morgan fingerprint density at radius 1 is 0.964 bits per heavy atom. The molecule has 6 heteroatoms. The lowest BCUT2D eigenvalue weighted by molar-refractivity contribution is 0.411. The molecule has 2 aromatic carbocycles. The molecule has 0 radical (unpaired) electrons. The second-order valence-corrected chi connectivity index (χ2v) is 7.26. The lowest BCUT2D eigenvalue weighted by Crippen LogP contribution is -2.00. The number of pyridine rings is 1. The molecule has 0 amide bonds. The molecule has 0 fully saturated rings. The van der Waals surface area contributed by atoms with Crippen LogP contribution in [-0.4, -0.2) is 26.9 Å². The summed E-state index contributed by atoms with van der Waals surface area (Å²) in [6.45, 7) is 2.08. The van der Waals surface area contributed by atoms with Gasteiger partial charge in [0.2, 0.25) is 0 Å². The Morgan fingerprint density at radius 3 is 2.54 bits per heavy atom. The zero-order chi connectivity index (χ0) is 19.3. The van der Waals surface area contributed by atoms with Gasteiger partial charge in [0.1, 0.15) is 5.75 Å². The van der Waals surface area contributed by atoms with E-state index in [2.05, 4.69) is 57.0 Å². The molecule has 0 atom stereocenters. The number of thioether (sulfide) groups is 1. The first kappa shape index (κ1) is 18.3. The maximum Gasteiger partial charge on any atom is 0.196 e. The fraction of sp³-hybridized carbons (Fsp3) is 0.136. The first-order valence-electron chi connectivity index (χ1n) is 8.94. The van der Waals surface area contributed by atoms with E-state index in [0.29, 0.717) is 0 Å². The van der Waals surface area contributed by atoms with Crippen molar-refractivity contribution in [2.24, 2.45) is 0 Å². The molecule has 0 saturated heterocycles. The average molecular weight is 388 g/mol. The summed E-state index contributed by atoms with van der Waals surface area (Å²) >= 11 is 1.63. The molecule has 140 valence electrons. The minimum absolute atomic E-state index is 0.737. The number of hydrogen-bond acceptors (Lipinski definition) is 5. The lowest BCUT2D eigenvalue weighted by Gasteiger charge is -2.11. The molecule has 0 spiro atoms. The highest BCUT2D eigenvalue weighted by molar-refractivity contribution is 7.98. The Bertz CT molecular complexity index is 1060. The summed E-state index contributed by atoms with van der Waals surface area (Å²) in [7, 11) is 1.69. The molecule has 0 aliphatic rings. The maximum absolute atomic E-state index is 5.47. The maximum atomic E-state index is 5.47. The average Bonchev–Trinajstić information content (AvgIpc) is 3.17. The van der Waals surface area contributed by atoms with E-state index in [1.165, 1.54) is 5.56 Å². The molecule has 0 aliphatic carbocycles. The molecule has 0 N–H and O–H groups in total. The Hall–Kier alpha value is -3.12. The third kappa shape index (κ3) is 3.77. The zero-order valence-corrected chi connectivity index (χ0v) is 16.6. The molecule has 0 unspecified atom stereocenters. The van der Waals surface area contributed by atoms with Crippen LogP contribution in [0.5, 0.6) is 5.75 Å². The van der Waals surface area contributed by atoms with Crippen molar-refractivity contribution in [1.29, 1.82) is 0 Å². The lowest BCUT2D eigenvalue weighted by atomic mass is 10.2. The summed E-state index contributed by atoms with van der Waals surface area (Å²) in [4.78, 5) is 4.23. The standard InChI is InChI=1S/C22H20N4OS/c1-16-9-11-19(12-10-16)26-21(17-7-5-13-23-14-17)24-25-22(26)28-15-18-6-3-4-8-20(18)27-2/h3-14H,15H2,1-2H3. The number of aryl methyl sites for hydroxylation is 1. The first-order valence-corrected chi connectivity index (χ1v) is 9.92. The van der Waals surface area contributed by atoms with Crippen molar-refractivity contribution in [2.75, 3.05) is 7.11 Å². The van der Waals surface area contributed by atoms with E-state index in [9.17, 15) is 0 Å². The van der Waals surface area contributed by atoms with Crippen molar-refractivity contribution in [3.05, 3.63) is 84.2 Å². The number of para-hydroxylation sites is 1. The number of benzene rings is 2. The fourth-order valence-electron chi connectivity index (χ4n) is 2.94. The highest BCUT2D eigenvalue weighted by Gasteiger charge is 2.17. The van der Waals surface area contributed by atoms with Crippen molar-refractivity contribution in [3.8, 4) is 22.8 Å². The summed E-state index contributed by atoms with van der Waals surface area (Å²) < 4.78 is 7.55. The molecule has 4 rings (SSSR count). The summed E-state index contributed by atoms with van der Waals surface area (Å²) in [6, 6.07) is 20.3. The highest BCUT2D eigenvalue weighted by atomic mass is 32.2. The number of methoxy groups -OCH3 is 1. The van der Waals surface area contributed by atoms with Crippen molar-refractivity contribution in [3.63, 3.8) is 0 Å². The third-order valence-electron chi connectivity index (χ3n) is 4.39. The number of nitrogens with zero attached hydrogens (tertiary/aromatic N) is 4. The van der Waals surface area contributed by atoms with Gasteiger partial charge in [-0.15, -0.1) is 10.2 Å². The molecule has 0 bridgehead atoms. The van der Waals surface area contributed by atoms with E-state index < -0.39 is 0 Å². The largest absolute Gasteiger partial charge is 0.496 e. The summed E-state index contributed by atoms with van der Waals surface area (Å²) in [5.74, 6) is 2.39. The zero-order valence-electron chi connectivity index (χ0n) is 15.7. The van der Waals surface area contributed by atoms with E-state index >= 15 is 0 Å². The SMILES string of the molecule is COc1ccccc1CSc1nnc(-c2cccnc2)n1-c1ccc(C)cc1. The van der Waals surface area contributed by atoms with Gasteiger partial charge < -0.3 is 4.74 Å². The Kier molecular flexibility index (Phi) is 5.39. The van der Waals surface area contributed by atoms with Crippen LogP contribution in [0.3, 0.4) is 0 Å². The van der Waals surface area contributed by atoms with Crippen LogP contribution >= 0.6 is 11.8 Å². The molecule has 5 nitrogen and oxygen atoms in total. The Morgan fingerprint density at radius 2 is 1.79 bits per heavy atom. The van der Waals surface area contributed by atoms with Gasteiger partial charge >= 0.3 is 0 Å². The highest BCUT2D eigenvalue weighted by Crippen LogP contribution is 2.31. The van der Waals surface area contributed by atoms with Crippen LogP contribution < -0.4 is 4.74 Å². The summed E-state index contributed by atoms with van der Waals surface area (Å²) in [5.41, 5.74) is 4.29. The summed E-state index contributed by atoms with van der Waals surface area (Å²) in [5, 5.41) is 9.76. The van der Waals surface area contributed by atoms with Crippen LogP contribution in [0.25, 0.3) is 17.1 Å². The number of hydrogen-bond donors (Lipinski definition) is 0. The second-order valence-electron chi connectivity index (χ2n) is 6.32. The van der Waals surface area contributed by atoms with E-state index in [1.807, 2.05) is 36.5 Å². The quantitative estimate of drug-likeness (QED) is 0.438. The van der Waals surface area contributed by atoms with Gasteiger partial charge in [-0.1, -0.05) is 47.7 Å². The van der Waals surface area contributed by atoms with E-state index in [0.717, 1.165) is 39.3 Å². The minimum Gasteiger partial charge on any atom is -0.496 e. The van der Waals surface area contributed by atoms with Crippen molar-refractivity contribution in [2.45, 2.75) is 17.8 Å². The van der Waals surface area contributed by atoms with Crippen molar-refractivity contribution >= 4 is 11.8 Å². The molecular weight excluding hydrogens is 368 g/mol. The molecule has 4 aromatic rings. The Labute approximate surface area is 168 Å². The third-order valence-corrected chi connectivity index (χ3v) is 5.37. The van der Waals surface area contributed by atoms with Gasteiger partial charge in [0, 0.05) is 35.0 Å². The first-order chi connectivity index (χ1) is 13.8. The Balaban J connectivity index is 1.73. The topological polar surface area (TPSA) is 52.8 Å². The molecule has 2 heterocycles. The predicted molar refractivity (Wildman–Crippen MR) is 112 cm³/mol. The molecule has 0 saturated carbocycles. The smallest absolute Gasteiger partial charge is 0.196 e. The van der Waals surface area contributed by atoms with E-state index in [4.69, 9.17) is 4.74 Å². The van der Waals surface area contributed by atoms with Crippen molar-refractivity contribution < 1.29 is 4.74 Å². The minimum atomic E-state index is 0.737. The number of ether oxygens (including phenoxy) is 1. The van der Waals surface area contributed by atoms with Crippen LogP contribution in [0.1, 0.15) is 11.1 Å². The molecule has 2 aromatic heterocycles. The van der Waals surface area contributed by atoms with E-state index in [1.54, 1.807) is 25.1 Å².